The van der Waals surface area contributed by atoms with Gasteiger partial charge in [0.25, 0.3) is 5.91 Å². The van der Waals surface area contributed by atoms with E-state index >= 15 is 0 Å². The van der Waals surface area contributed by atoms with Crippen molar-refractivity contribution in [1.29, 1.82) is 0 Å². The van der Waals surface area contributed by atoms with Crippen LogP contribution in [0.2, 0.25) is 0 Å². The molecule has 1 amide bonds. The van der Waals surface area contributed by atoms with Gasteiger partial charge in [0.05, 0.1) is 0 Å². The van der Waals surface area contributed by atoms with E-state index in [4.69, 9.17) is 5.73 Å². The largest absolute Gasteiger partial charge is 0.507 e. The van der Waals surface area contributed by atoms with Crippen LogP contribution in [0.5, 0.6) is 5.75 Å². The van der Waals surface area contributed by atoms with Crippen molar-refractivity contribution >= 4 is 5.91 Å². The number of hydrogen-bond acceptors (Lipinski definition) is 3. The van der Waals surface area contributed by atoms with Gasteiger partial charge in [-0.2, -0.15) is 0 Å². The van der Waals surface area contributed by atoms with Gasteiger partial charge < -0.3 is 16.2 Å². The number of hydrogen-bond donors (Lipinski definition) is 3. The summed E-state index contributed by atoms with van der Waals surface area (Å²) in [5.41, 5.74) is 5.07. The van der Waals surface area contributed by atoms with Crippen molar-refractivity contribution in [2.45, 2.75) is 25.7 Å². The summed E-state index contributed by atoms with van der Waals surface area (Å²) in [5, 5.41) is 12.0. The molecule has 1 aromatic rings. The molecule has 0 aliphatic heterocycles. The minimum atomic E-state index is -0.712. The normalized spacial score (nSPS) is 10.3. The maximum absolute atomic E-state index is 13.3. The topological polar surface area (TPSA) is 75.3 Å². The molecule has 0 bridgehead atoms. The van der Waals surface area contributed by atoms with Crippen LogP contribution in [0, 0.1) is 5.82 Å². The van der Waals surface area contributed by atoms with Crippen LogP contribution in [-0.4, -0.2) is 24.1 Å². The molecule has 0 radical (unpaired) electrons. The molecule has 0 fully saturated rings. The Bertz CT molecular complexity index is 376. The number of amides is 1. The van der Waals surface area contributed by atoms with Crippen molar-refractivity contribution in [3.8, 4) is 5.75 Å². The first kappa shape index (κ1) is 14.4. The SMILES string of the molecule is NCCCCCCNC(=O)c1c(O)cccc1F. The van der Waals surface area contributed by atoms with Gasteiger partial charge in [0.15, 0.2) is 0 Å². The number of carbonyl (C=O) groups excluding carboxylic acids is 1. The average molecular weight is 254 g/mol. The van der Waals surface area contributed by atoms with Crippen molar-refractivity contribution in [2.24, 2.45) is 5.73 Å². The molecule has 0 atom stereocenters. The second kappa shape index (κ2) is 7.66. The summed E-state index contributed by atoms with van der Waals surface area (Å²) in [6.07, 6.45) is 3.79. The molecule has 0 spiro atoms. The summed E-state index contributed by atoms with van der Waals surface area (Å²) in [5.74, 6) is -1.63. The van der Waals surface area contributed by atoms with Gasteiger partial charge in [-0.05, 0) is 31.5 Å². The van der Waals surface area contributed by atoms with E-state index in [-0.39, 0.29) is 11.3 Å². The first-order chi connectivity index (χ1) is 8.66. The number of halogens is 1. The molecule has 0 unspecified atom stereocenters. The fraction of sp³-hybridized carbons (Fsp3) is 0.462. The van der Waals surface area contributed by atoms with Gasteiger partial charge in [-0.15, -0.1) is 0 Å². The van der Waals surface area contributed by atoms with Crippen LogP contribution in [0.3, 0.4) is 0 Å². The Balaban J connectivity index is 2.37. The van der Waals surface area contributed by atoms with E-state index in [1.807, 2.05) is 0 Å². The lowest BCUT2D eigenvalue weighted by Gasteiger charge is -2.07. The van der Waals surface area contributed by atoms with Gasteiger partial charge in [-0.3, -0.25) is 4.79 Å². The fourth-order valence-electron chi connectivity index (χ4n) is 1.65. The lowest BCUT2D eigenvalue weighted by atomic mass is 10.1. The highest BCUT2D eigenvalue weighted by molar-refractivity contribution is 5.97. The highest BCUT2D eigenvalue weighted by atomic mass is 19.1. The monoisotopic (exact) mass is 254 g/mol. The molecule has 0 heterocycles. The Morgan fingerprint density at radius 2 is 2.00 bits per heavy atom. The molecule has 4 nitrogen and oxygen atoms in total. The summed E-state index contributed by atoms with van der Waals surface area (Å²) in [6.45, 7) is 1.15. The van der Waals surface area contributed by atoms with E-state index < -0.39 is 11.7 Å². The Hall–Kier alpha value is -1.62. The van der Waals surface area contributed by atoms with Crippen molar-refractivity contribution in [3.63, 3.8) is 0 Å². The number of phenolic OH excluding ortho intramolecular Hbond substituents is 1. The van der Waals surface area contributed by atoms with E-state index in [2.05, 4.69) is 5.32 Å². The van der Waals surface area contributed by atoms with Gasteiger partial charge in [-0.1, -0.05) is 18.9 Å². The molecule has 5 heteroatoms. The maximum atomic E-state index is 13.3. The van der Waals surface area contributed by atoms with E-state index in [9.17, 15) is 14.3 Å². The van der Waals surface area contributed by atoms with Crippen molar-refractivity contribution in [2.75, 3.05) is 13.1 Å². The van der Waals surface area contributed by atoms with Crippen LogP contribution in [0.25, 0.3) is 0 Å². The number of nitrogens with two attached hydrogens (primary N) is 1. The van der Waals surface area contributed by atoms with E-state index in [1.54, 1.807) is 0 Å². The first-order valence-corrected chi connectivity index (χ1v) is 6.12. The standard InChI is InChI=1S/C13H19FN2O2/c14-10-6-5-7-11(17)12(10)13(18)16-9-4-2-1-3-8-15/h5-7,17H,1-4,8-9,15H2,(H,16,18). The summed E-state index contributed by atoms with van der Waals surface area (Å²) in [4.78, 5) is 11.6. The van der Waals surface area contributed by atoms with Crippen LogP contribution < -0.4 is 11.1 Å². The second-order valence-corrected chi connectivity index (χ2v) is 4.09. The molecule has 4 N–H and O–H groups in total. The van der Waals surface area contributed by atoms with Crippen LogP contribution in [0.1, 0.15) is 36.0 Å². The number of unbranched alkanes of at least 4 members (excludes halogenated alkanes) is 3. The Morgan fingerprint density at radius 3 is 2.67 bits per heavy atom. The summed E-state index contributed by atoms with van der Waals surface area (Å²) in [7, 11) is 0. The molecule has 100 valence electrons. The lowest BCUT2D eigenvalue weighted by Crippen LogP contribution is -2.25. The molecular formula is C13H19FN2O2. The summed E-state index contributed by atoms with van der Waals surface area (Å²) < 4.78 is 13.3. The quantitative estimate of drug-likeness (QED) is 0.649. The van der Waals surface area contributed by atoms with Crippen LogP contribution in [0.4, 0.5) is 4.39 Å². The minimum Gasteiger partial charge on any atom is -0.507 e. The fourth-order valence-corrected chi connectivity index (χ4v) is 1.65. The number of rotatable bonds is 7. The molecule has 0 aliphatic carbocycles. The van der Waals surface area contributed by atoms with Crippen LogP contribution >= 0.6 is 0 Å². The third kappa shape index (κ3) is 4.33. The van der Waals surface area contributed by atoms with Gasteiger partial charge in [0, 0.05) is 6.54 Å². The zero-order chi connectivity index (χ0) is 13.4. The molecule has 0 aliphatic rings. The average Bonchev–Trinajstić information content (AvgIpc) is 2.33. The third-order valence-corrected chi connectivity index (χ3v) is 2.64. The number of nitrogens with one attached hydrogen (secondary N) is 1. The number of carbonyl (C=O) groups is 1. The van der Waals surface area contributed by atoms with Crippen molar-refractivity contribution in [1.82, 2.24) is 5.32 Å². The second-order valence-electron chi connectivity index (χ2n) is 4.09. The predicted molar refractivity (Wildman–Crippen MR) is 67.9 cm³/mol. The smallest absolute Gasteiger partial charge is 0.258 e. The summed E-state index contributed by atoms with van der Waals surface area (Å²) in [6, 6.07) is 3.80. The Labute approximate surface area is 106 Å². The highest BCUT2D eigenvalue weighted by Crippen LogP contribution is 2.19. The van der Waals surface area contributed by atoms with E-state index in [0.717, 1.165) is 31.7 Å². The predicted octanol–water partition coefficient (Wildman–Crippen LogP) is 1.78. The molecule has 1 rings (SSSR count). The molecule has 0 saturated heterocycles. The minimum absolute atomic E-state index is 0.292. The van der Waals surface area contributed by atoms with Crippen molar-refractivity contribution < 1.29 is 14.3 Å². The zero-order valence-corrected chi connectivity index (χ0v) is 10.3. The zero-order valence-electron chi connectivity index (χ0n) is 10.3. The highest BCUT2D eigenvalue weighted by Gasteiger charge is 2.15. The van der Waals surface area contributed by atoms with Crippen LogP contribution in [0.15, 0.2) is 18.2 Å². The van der Waals surface area contributed by atoms with E-state index in [1.165, 1.54) is 12.1 Å². The molecular weight excluding hydrogens is 235 g/mol. The van der Waals surface area contributed by atoms with Crippen molar-refractivity contribution in [3.05, 3.63) is 29.6 Å². The third-order valence-electron chi connectivity index (χ3n) is 2.64. The molecule has 18 heavy (non-hydrogen) atoms. The first-order valence-electron chi connectivity index (χ1n) is 6.12. The van der Waals surface area contributed by atoms with Crippen LogP contribution in [-0.2, 0) is 0 Å². The van der Waals surface area contributed by atoms with E-state index in [0.29, 0.717) is 13.1 Å². The molecule has 1 aromatic carbocycles. The number of aromatic hydroxyl groups is 1. The molecule has 0 aromatic heterocycles. The van der Waals surface area contributed by atoms with Gasteiger partial charge in [0.1, 0.15) is 17.1 Å². The van der Waals surface area contributed by atoms with Gasteiger partial charge >= 0.3 is 0 Å². The summed E-state index contributed by atoms with van der Waals surface area (Å²) >= 11 is 0. The van der Waals surface area contributed by atoms with Gasteiger partial charge in [-0.25, -0.2) is 4.39 Å². The Kier molecular flexibility index (Phi) is 6.14. The maximum Gasteiger partial charge on any atom is 0.258 e. The lowest BCUT2D eigenvalue weighted by molar-refractivity contribution is 0.0946. The number of benzene rings is 1. The van der Waals surface area contributed by atoms with Gasteiger partial charge in [0.2, 0.25) is 0 Å². The number of phenols is 1. The Morgan fingerprint density at radius 1 is 1.28 bits per heavy atom. The molecule has 0 saturated carbocycles.